The molecule has 1 aliphatic rings. The number of benzene rings is 1. The first-order valence-electron chi connectivity index (χ1n) is 6.51. The lowest BCUT2D eigenvalue weighted by Gasteiger charge is -2.23. The Morgan fingerprint density at radius 3 is 2.89 bits per heavy atom. The molecule has 0 radical (unpaired) electrons. The quantitative estimate of drug-likeness (QED) is 0.781. The third-order valence-corrected chi connectivity index (χ3v) is 3.41. The van der Waals surface area contributed by atoms with Gasteiger partial charge in [-0.15, -0.1) is 6.58 Å². The standard InChI is InChI=1S/C16H15N3/c1-2-9-19(14-7-8-14)16-13(11-17)10-12-5-3-4-6-15(12)18-16/h2-6,10,14H,1,7-9H2. The van der Waals surface area contributed by atoms with Gasteiger partial charge in [0.05, 0.1) is 11.1 Å². The summed E-state index contributed by atoms with van der Waals surface area (Å²) in [6.07, 6.45) is 4.22. The highest BCUT2D eigenvalue weighted by Gasteiger charge is 2.30. The van der Waals surface area contributed by atoms with E-state index in [-0.39, 0.29) is 0 Å². The Labute approximate surface area is 112 Å². The predicted octanol–water partition coefficient (Wildman–Crippen LogP) is 3.26. The molecule has 2 aromatic rings. The molecule has 1 fully saturated rings. The number of nitriles is 1. The van der Waals surface area contributed by atoms with Crippen molar-refractivity contribution in [1.29, 1.82) is 5.26 Å². The van der Waals surface area contributed by atoms with E-state index in [0.29, 0.717) is 11.6 Å². The smallest absolute Gasteiger partial charge is 0.147 e. The highest BCUT2D eigenvalue weighted by molar-refractivity contribution is 5.83. The van der Waals surface area contributed by atoms with Crippen molar-refractivity contribution in [2.24, 2.45) is 0 Å². The van der Waals surface area contributed by atoms with Crippen molar-refractivity contribution in [3.05, 3.63) is 48.6 Å². The van der Waals surface area contributed by atoms with Gasteiger partial charge in [0, 0.05) is 18.0 Å². The Morgan fingerprint density at radius 2 is 2.21 bits per heavy atom. The van der Waals surface area contributed by atoms with Crippen LogP contribution < -0.4 is 4.90 Å². The second-order valence-corrected chi connectivity index (χ2v) is 4.84. The van der Waals surface area contributed by atoms with Crippen molar-refractivity contribution < 1.29 is 0 Å². The van der Waals surface area contributed by atoms with Crippen LogP contribution >= 0.6 is 0 Å². The Bertz CT molecular complexity index is 665. The van der Waals surface area contributed by atoms with Crippen LogP contribution in [0.3, 0.4) is 0 Å². The van der Waals surface area contributed by atoms with Crippen LogP contribution in [0.25, 0.3) is 10.9 Å². The lowest BCUT2D eigenvalue weighted by atomic mass is 10.1. The second kappa shape index (κ2) is 4.74. The van der Waals surface area contributed by atoms with Gasteiger partial charge in [-0.25, -0.2) is 4.98 Å². The van der Waals surface area contributed by atoms with E-state index in [0.717, 1.165) is 23.3 Å². The van der Waals surface area contributed by atoms with E-state index in [1.54, 1.807) is 0 Å². The van der Waals surface area contributed by atoms with Gasteiger partial charge in [-0.1, -0.05) is 24.3 Å². The summed E-state index contributed by atoms with van der Waals surface area (Å²) in [7, 11) is 0. The normalized spacial score (nSPS) is 14.1. The van der Waals surface area contributed by atoms with E-state index in [1.165, 1.54) is 12.8 Å². The fraction of sp³-hybridized carbons (Fsp3) is 0.250. The zero-order valence-corrected chi connectivity index (χ0v) is 10.7. The van der Waals surface area contributed by atoms with E-state index in [1.807, 2.05) is 36.4 Å². The van der Waals surface area contributed by atoms with Crippen LogP contribution in [-0.4, -0.2) is 17.6 Å². The van der Waals surface area contributed by atoms with Gasteiger partial charge < -0.3 is 4.90 Å². The van der Waals surface area contributed by atoms with Gasteiger partial charge in [-0.2, -0.15) is 5.26 Å². The first-order chi connectivity index (χ1) is 9.33. The van der Waals surface area contributed by atoms with Crippen molar-refractivity contribution >= 4 is 16.7 Å². The van der Waals surface area contributed by atoms with Crippen molar-refractivity contribution in [2.45, 2.75) is 18.9 Å². The van der Waals surface area contributed by atoms with Crippen molar-refractivity contribution in [3.8, 4) is 6.07 Å². The molecule has 0 aliphatic heterocycles. The van der Waals surface area contributed by atoms with Gasteiger partial charge >= 0.3 is 0 Å². The molecule has 1 aromatic heterocycles. The van der Waals surface area contributed by atoms with Gasteiger partial charge in [-0.3, -0.25) is 0 Å². The summed E-state index contributed by atoms with van der Waals surface area (Å²) in [5.74, 6) is 0.795. The van der Waals surface area contributed by atoms with E-state index in [2.05, 4.69) is 22.5 Å². The van der Waals surface area contributed by atoms with Crippen LogP contribution in [-0.2, 0) is 0 Å². The molecule has 0 bridgehead atoms. The fourth-order valence-electron chi connectivity index (χ4n) is 2.34. The Kier molecular flexibility index (Phi) is 2.92. The van der Waals surface area contributed by atoms with Gasteiger partial charge in [-0.05, 0) is 25.0 Å². The van der Waals surface area contributed by atoms with E-state index in [9.17, 15) is 5.26 Å². The van der Waals surface area contributed by atoms with Crippen LogP contribution in [0, 0.1) is 11.3 Å². The van der Waals surface area contributed by atoms with E-state index in [4.69, 9.17) is 0 Å². The van der Waals surface area contributed by atoms with Gasteiger partial charge in [0.15, 0.2) is 0 Å². The molecule has 0 spiro atoms. The Morgan fingerprint density at radius 1 is 1.42 bits per heavy atom. The average Bonchev–Trinajstić information content (AvgIpc) is 3.28. The number of aromatic nitrogens is 1. The van der Waals surface area contributed by atoms with E-state index >= 15 is 0 Å². The number of hydrogen-bond donors (Lipinski definition) is 0. The van der Waals surface area contributed by atoms with Crippen LogP contribution in [0.1, 0.15) is 18.4 Å². The molecule has 94 valence electrons. The molecule has 1 aliphatic carbocycles. The minimum absolute atomic E-state index is 0.513. The van der Waals surface area contributed by atoms with Crippen LogP contribution in [0.2, 0.25) is 0 Å². The summed E-state index contributed by atoms with van der Waals surface area (Å²) >= 11 is 0. The molecule has 3 rings (SSSR count). The van der Waals surface area contributed by atoms with Crippen molar-refractivity contribution in [3.63, 3.8) is 0 Å². The maximum absolute atomic E-state index is 9.35. The minimum atomic E-state index is 0.513. The molecule has 1 heterocycles. The number of para-hydroxylation sites is 1. The number of nitrogens with zero attached hydrogens (tertiary/aromatic N) is 3. The number of anilines is 1. The van der Waals surface area contributed by atoms with Crippen LogP contribution in [0.5, 0.6) is 0 Å². The molecule has 0 saturated heterocycles. The molecule has 0 unspecified atom stereocenters. The Hall–Kier alpha value is -2.34. The average molecular weight is 249 g/mol. The zero-order chi connectivity index (χ0) is 13.2. The minimum Gasteiger partial charge on any atom is -0.349 e. The lowest BCUT2D eigenvalue weighted by Crippen LogP contribution is -2.27. The lowest BCUT2D eigenvalue weighted by molar-refractivity contribution is 0.843. The third kappa shape index (κ3) is 2.17. The molecule has 19 heavy (non-hydrogen) atoms. The Balaban J connectivity index is 2.14. The molecule has 3 heteroatoms. The molecule has 1 aromatic carbocycles. The first kappa shape index (κ1) is 11.7. The largest absolute Gasteiger partial charge is 0.349 e. The van der Waals surface area contributed by atoms with E-state index < -0.39 is 0 Å². The van der Waals surface area contributed by atoms with Crippen molar-refractivity contribution in [1.82, 2.24) is 4.98 Å². The second-order valence-electron chi connectivity index (χ2n) is 4.84. The summed E-state index contributed by atoms with van der Waals surface area (Å²) < 4.78 is 0. The zero-order valence-electron chi connectivity index (χ0n) is 10.7. The topological polar surface area (TPSA) is 39.9 Å². The highest BCUT2D eigenvalue weighted by atomic mass is 15.2. The molecule has 0 amide bonds. The summed E-state index contributed by atoms with van der Waals surface area (Å²) in [6.45, 7) is 4.54. The SMILES string of the molecule is C=CCN(c1nc2ccccc2cc1C#N)C1CC1. The molecular formula is C16H15N3. The number of pyridine rings is 1. The molecule has 0 atom stereocenters. The van der Waals surface area contributed by atoms with Crippen molar-refractivity contribution in [2.75, 3.05) is 11.4 Å². The summed E-state index contributed by atoms with van der Waals surface area (Å²) in [5, 5.41) is 10.4. The van der Waals surface area contributed by atoms with Gasteiger partial charge in [0.2, 0.25) is 0 Å². The number of hydrogen-bond acceptors (Lipinski definition) is 3. The summed E-state index contributed by atoms with van der Waals surface area (Å²) in [4.78, 5) is 6.87. The molecule has 0 N–H and O–H groups in total. The van der Waals surface area contributed by atoms with Crippen LogP contribution in [0.15, 0.2) is 43.0 Å². The fourth-order valence-corrected chi connectivity index (χ4v) is 2.34. The maximum atomic E-state index is 9.35. The predicted molar refractivity (Wildman–Crippen MR) is 77.0 cm³/mol. The van der Waals surface area contributed by atoms with Crippen LogP contribution in [0.4, 0.5) is 5.82 Å². The third-order valence-electron chi connectivity index (χ3n) is 3.41. The molecule has 1 saturated carbocycles. The first-order valence-corrected chi connectivity index (χ1v) is 6.51. The summed E-state index contributed by atoms with van der Waals surface area (Å²) in [6, 6.07) is 12.6. The molecule has 3 nitrogen and oxygen atoms in total. The van der Waals surface area contributed by atoms with Gasteiger partial charge in [0.1, 0.15) is 11.9 Å². The number of fused-ring (bicyclic) bond motifs is 1. The summed E-state index contributed by atoms with van der Waals surface area (Å²) in [5.41, 5.74) is 1.58. The molecular weight excluding hydrogens is 234 g/mol. The highest BCUT2D eigenvalue weighted by Crippen LogP contribution is 2.33. The van der Waals surface area contributed by atoms with Gasteiger partial charge in [0.25, 0.3) is 0 Å². The monoisotopic (exact) mass is 249 g/mol. The maximum Gasteiger partial charge on any atom is 0.147 e. The number of rotatable bonds is 4.